The highest BCUT2D eigenvalue weighted by molar-refractivity contribution is 5.84. The third kappa shape index (κ3) is 3.81. The van der Waals surface area contributed by atoms with Crippen molar-refractivity contribution in [2.45, 2.75) is 32.4 Å². The van der Waals surface area contributed by atoms with E-state index in [2.05, 4.69) is 15.3 Å². The number of aromatic nitrogens is 2. The standard InChI is InChI=1S/C20H26N4O4/c1-12(2)16(19(25)28-4)23-20(26)24-10-9-15-17(22-11-21-15)18(24)13-5-7-14(27-3)8-6-13/h5-8,11-12,16,18H,9-10H2,1-4H3,(H,21,22)(H,23,26)/t16-,18+/m0/s1. The van der Waals surface area contributed by atoms with Gasteiger partial charge in [-0.15, -0.1) is 0 Å². The molecule has 1 aliphatic rings. The number of imidazole rings is 1. The Labute approximate surface area is 164 Å². The van der Waals surface area contributed by atoms with Crippen LogP contribution in [0.4, 0.5) is 4.79 Å². The lowest BCUT2D eigenvalue weighted by molar-refractivity contribution is -0.144. The number of benzene rings is 1. The van der Waals surface area contributed by atoms with Gasteiger partial charge >= 0.3 is 12.0 Å². The number of nitrogens with one attached hydrogen (secondary N) is 2. The summed E-state index contributed by atoms with van der Waals surface area (Å²) in [5.74, 6) is 0.187. The summed E-state index contributed by atoms with van der Waals surface area (Å²) in [4.78, 5) is 34.5. The molecule has 0 spiro atoms. The van der Waals surface area contributed by atoms with E-state index in [9.17, 15) is 9.59 Å². The number of urea groups is 1. The first-order valence-corrected chi connectivity index (χ1v) is 9.27. The quantitative estimate of drug-likeness (QED) is 0.769. The smallest absolute Gasteiger partial charge is 0.328 e. The van der Waals surface area contributed by atoms with E-state index < -0.39 is 12.0 Å². The lowest BCUT2D eigenvalue weighted by Crippen LogP contribution is -2.53. The van der Waals surface area contributed by atoms with Crippen LogP contribution in [-0.2, 0) is 16.0 Å². The van der Waals surface area contributed by atoms with Crippen LogP contribution >= 0.6 is 0 Å². The predicted molar refractivity (Wildman–Crippen MR) is 103 cm³/mol. The molecule has 3 rings (SSSR count). The number of carbonyl (C=O) groups is 2. The Morgan fingerprint density at radius 1 is 1.25 bits per heavy atom. The Morgan fingerprint density at radius 3 is 2.57 bits per heavy atom. The molecule has 1 aromatic carbocycles. The second-order valence-corrected chi connectivity index (χ2v) is 7.08. The second kappa shape index (κ2) is 8.33. The maximum atomic E-state index is 13.1. The molecule has 0 saturated heterocycles. The molecule has 0 aliphatic carbocycles. The summed E-state index contributed by atoms with van der Waals surface area (Å²) in [6.45, 7) is 4.24. The molecule has 1 aromatic heterocycles. The van der Waals surface area contributed by atoms with Crippen LogP contribution in [-0.4, -0.2) is 53.7 Å². The van der Waals surface area contributed by atoms with Crippen LogP contribution in [0.2, 0.25) is 0 Å². The average Bonchev–Trinajstić information content (AvgIpc) is 3.19. The van der Waals surface area contributed by atoms with E-state index in [4.69, 9.17) is 9.47 Å². The van der Waals surface area contributed by atoms with Crippen molar-refractivity contribution in [2.75, 3.05) is 20.8 Å². The fraction of sp³-hybridized carbons (Fsp3) is 0.450. The van der Waals surface area contributed by atoms with Crippen LogP contribution in [0.3, 0.4) is 0 Å². The third-order valence-corrected chi connectivity index (χ3v) is 5.02. The first-order chi connectivity index (χ1) is 13.5. The zero-order chi connectivity index (χ0) is 20.3. The van der Waals surface area contributed by atoms with Gasteiger partial charge in [-0.1, -0.05) is 26.0 Å². The fourth-order valence-corrected chi connectivity index (χ4v) is 3.46. The molecule has 2 aromatic rings. The predicted octanol–water partition coefficient (Wildman–Crippen LogP) is 2.27. The summed E-state index contributed by atoms with van der Waals surface area (Å²) >= 11 is 0. The zero-order valence-corrected chi connectivity index (χ0v) is 16.6. The van der Waals surface area contributed by atoms with Gasteiger partial charge in [0.25, 0.3) is 0 Å². The van der Waals surface area contributed by atoms with E-state index in [0.717, 1.165) is 22.7 Å². The molecule has 0 bridgehead atoms. The molecular formula is C20H26N4O4. The molecule has 150 valence electrons. The van der Waals surface area contributed by atoms with E-state index in [1.54, 1.807) is 18.3 Å². The fourth-order valence-electron chi connectivity index (χ4n) is 3.46. The summed E-state index contributed by atoms with van der Waals surface area (Å²) in [5, 5.41) is 2.83. The Morgan fingerprint density at radius 2 is 1.96 bits per heavy atom. The summed E-state index contributed by atoms with van der Waals surface area (Å²) in [5.41, 5.74) is 2.74. The van der Waals surface area contributed by atoms with E-state index >= 15 is 0 Å². The van der Waals surface area contributed by atoms with Crippen molar-refractivity contribution in [3.8, 4) is 5.75 Å². The highest BCUT2D eigenvalue weighted by Crippen LogP contribution is 2.34. The molecule has 28 heavy (non-hydrogen) atoms. The van der Waals surface area contributed by atoms with Crippen molar-refractivity contribution in [2.24, 2.45) is 5.92 Å². The van der Waals surface area contributed by atoms with Gasteiger partial charge in [0, 0.05) is 18.7 Å². The van der Waals surface area contributed by atoms with Gasteiger partial charge < -0.3 is 24.7 Å². The number of ether oxygens (including phenoxy) is 2. The molecule has 2 atom stereocenters. The largest absolute Gasteiger partial charge is 0.497 e. The summed E-state index contributed by atoms with van der Waals surface area (Å²) in [6, 6.07) is 6.18. The summed E-state index contributed by atoms with van der Waals surface area (Å²) < 4.78 is 10.1. The minimum absolute atomic E-state index is 0.0958. The maximum absolute atomic E-state index is 13.1. The lowest BCUT2D eigenvalue weighted by atomic mass is 9.95. The van der Waals surface area contributed by atoms with Crippen LogP contribution in [0.5, 0.6) is 5.75 Å². The number of hydrogen-bond donors (Lipinski definition) is 2. The number of methoxy groups -OCH3 is 2. The van der Waals surface area contributed by atoms with Crippen molar-refractivity contribution in [1.82, 2.24) is 20.2 Å². The van der Waals surface area contributed by atoms with Crippen LogP contribution in [0.25, 0.3) is 0 Å². The van der Waals surface area contributed by atoms with Crippen LogP contribution in [0.15, 0.2) is 30.6 Å². The minimum Gasteiger partial charge on any atom is -0.497 e. The number of carbonyl (C=O) groups excluding carboxylic acids is 2. The number of nitrogens with zero attached hydrogens (tertiary/aromatic N) is 2. The first-order valence-electron chi connectivity index (χ1n) is 9.27. The third-order valence-electron chi connectivity index (χ3n) is 5.02. The molecule has 2 N–H and O–H groups in total. The second-order valence-electron chi connectivity index (χ2n) is 7.08. The Kier molecular flexibility index (Phi) is 5.87. The molecule has 2 amide bonds. The number of rotatable bonds is 5. The van der Waals surface area contributed by atoms with Crippen molar-refractivity contribution in [1.29, 1.82) is 0 Å². The number of aromatic amines is 1. The van der Waals surface area contributed by atoms with Crippen molar-refractivity contribution in [3.05, 3.63) is 47.5 Å². The SMILES string of the molecule is COC(=O)[C@@H](NC(=O)N1CCc2[nH]cnc2[C@H]1c1ccc(OC)cc1)C(C)C. The van der Waals surface area contributed by atoms with Gasteiger partial charge in [-0.3, -0.25) is 0 Å². The summed E-state index contributed by atoms with van der Waals surface area (Å²) in [6.07, 6.45) is 2.31. The van der Waals surface area contributed by atoms with E-state index in [0.29, 0.717) is 13.0 Å². The van der Waals surface area contributed by atoms with Gasteiger partial charge in [0.05, 0.1) is 26.2 Å². The minimum atomic E-state index is -0.713. The molecule has 1 aliphatic heterocycles. The zero-order valence-electron chi connectivity index (χ0n) is 16.6. The number of H-pyrrole nitrogens is 1. The van der Waals surface area contributed by atoms with E-state index in [1.165, 1.54) is 7.11 Å². The Balaban J connectivity index is 1.91. The van der Waals surface area contributed by atoms with Crippen LogP contribution in [0, 0.1) is 5.92 Å². The van der Waals surface area contributed by atoms with Gasteiger partial charge in [0.2, 0.25) is 0 Å². The van der Waals surface area contributed by atoms with Crippen molar-refractivity contribution < 1.29 is 19.1 Å². The molecular weight excluding hydrogens is 360 g/mol. The molecule has 8 nitrogen and oxygen atoms in total. The molecule has 0 radical (unpaired) electrons. The lowest BCUT2D eigenvalue weighted by Gasteiger charge is -2.36. The van der Waals surface area contributed by atoms with Gasteiger partial charge in [-0.25, -0.2) is 14.6 Å². The van der Waals surface area contributed by atoms with Crippen LogP contribution in [0.1, 0.15) is 36.8 Å². The topological polar surface area (TPSA) is 96.6 Å². The van der Waals surface area contributed by atoms with Gasteiger partial charge in [0.15, 0.2) is 0 Å². The van der Waals surface area contributed by atoms with E-state index in [-0.39, 0.29) is 18.0 Å². The van der Waals surface area contributed by atoms with Gasteiger partial charge in [-0.05, 0) is 23.6 Å². The monoisotopic (exact) mass is 386 g/mol. The number of amides is 2. The number of esters is 1. The average molecular weight is 386 g/mol. The van der Waals surface area contributed by atoms with Crippen molar-refractivity contribution in [3.63, 3.8) is 0 Å². The maximum Gasteiger partial charge on any atom is 0.328 e. The van der Waals surface area contributed by atoms with Gasteiger partial charge in [0.1, 0.15) is 17.8 Å². The van der Waals surface area contributed by atoms with Crippen LogP contribution < -0.4 is 10.1 Å². The Hall–Kier alpha value is -3.03. The summed E-state index contributed by atoms with van der Waals surface area (Å²) in [7, 11) is 2.93. The van der Waals surface area contributed by atoms with Gasteiger partial charge in [-0.2, -0.15) is 0 Å². The normalized spacial score (nSPS) is 17.0. The highest BCUT2D eigenvalue weighted by atomic mass is 16.5. The molecule has 2 heterocycles. The number of hydrogen-bond acceptors (Lipinski definition) is 5. The molecule has 0 fully saturated rings. The molecule has 8 heteroatoms. The first kappa shape index (κ1) is 19.7. The highest BCUT2D eigenvalue weighted by Gasteiger charge is 2.36. The molecule has 0 saturated carbocycles. The van der Waals surface area contributed by atoms with Crippen molar-refractivity contribution >= 4 is 12.0 Å². The van der Waals surface area contributed by atoms with E-state index in [1.807, 2.05) is 38.1 Å². The number of fused-ring (bicyclic) bond motifs is 1. The Bertz CT molecular complexity index is 831. The molecule has 0 unspecified atom stereocenters.